The Labute approximate surface area is 124 Å². The van der Waals surface area contributed by atoms with Crippen molar-refractivity contribution in [3.8, 4) is 0 Å². The first-order chi connectivity index (χ1) is 9.65. The molecule has 0 radical (unpaired) electrons. The van der Waals surface area contributed by atoms with Gasteiger partial charge in [-0.3, -0.25) is 4.79 Å². The molecule has 2 rings (SSSR count). The van der Waals surface area contributed by atoms with E-state index in [9.17, 15) is 4.79 Å². The third-order valence-corrected chi connectivity index (χ3v) is 3.34. The zero-order chi connectivity index (χ0) is 14.4. The molecule has 0 aliphatic heterocycles. The third kappa shape index (κ3) is 4.39. The van der Waals surface area contributed by atoms with E-state index >= 15 is 0 Å². The van der Waals surface area contributed by atoms with Crippen molar-refractivity contribution in [1.82, 2.24) is 0 Å². The Kier molecular flexibility index (Phi) is 5.19. The van der Waals surface area contributed by atoms with Crippen LogP contribution in [0.4, 0.5) is 0 Å². The second kappa shape index (κ2) is 7.11. The number of esters is 1. The van der Waals surface area contributed by atoms with Crippen LogP contribution in [-0.4, -0.2) is 5.97 Å². The maximum Gasteiger partial charge on any atom is 0.303 e. The summed E-state index contributed by atoms with van der Waals surface area (Å²) in [7, 11) is 0. The zero-order valence-electron chi connectivity index (χ0n) is 11.4. The molecule has 2 aromatic carbocycles. The van der Waals surface area contributed by atoms with E-state index in [1.807, 2.05) is 42.5 Å². The fourth-order valence-electron chi connectivity index (χ4n) is 2.11. The Hall–Kier alpha value is -1.80. The number of rotatable bonds is 5. The van der Waals surface area contributed by atoms with Crippen LogP contribution in [0.15, 0.2) is 54.6 Å². The number of ether oxygens (including phenoxy) is 1. The maximum absolute atomic E-state index is 11.3. The molecule has 0 heterocycles. The molecule has 0 aliphatic carbocycles. The van der Waals surface area contributed by atoms with Gasteiger partial charge in [-0.1, -0.05) is 54.1 Å². The molecule has 0 N–H and O–H groups in total. The fraction of sp³-hybridized carbons (Fsp3) is 0.235. The molecule has 0 saturated carbocycles. The highest BCUT2D eigenvalue weighted by Crippen LogP contribution is 2.25. The monoisotopic (exact) mass is 288 g/mol. The SMILES string of the molecule is CC(=O)O[C@@H](CCc1ccccc1)c1ccc(Cl)cc1. The molecule has 2 nitrogen and oxygen atoms in total. The predicted molar refractivity (Wildman–Crippen MR) is 80.7 cm³/mol. The second-order valence-electron chi connectivity index (χ2n) is 4.67. The summed E-state index contributed by atoms with van der Waals surface area (Å²) in [5.74, 6) is -0.266. The highest BCUT2D eigenvalue weighted by molar-refractivity contribution is 6.30. The summed E-state index contributed by atoms with van der Waals surface area (Å²) in [6.07, 6.45) is 1.39. The van der Waals surface area contributed by atoms with Gasteiger partial charge in [0, 0.05) is 11.9 Å². The lowest BCUT2D eigenvalue weighted by molar-refractivity contribution is -0.147. The van der Waals surface area contributed by atoms with E-state index in [1.54, 1.807) is 0 Å². The molecule has 1 atom stereocenters. The average Bonchev–Trinajstić information content (AvgIpc) is 2.45. The smallest absolute Gasteiger partial charge is 0.303 e. The van der Waals surface area contributed by atoms with Gasteiger partial charge in [0.1, 0.15) is 6.10 Å². The van der Waals surface area contributed by atoms with Crippen LogP contribution >= 0.6 is 11.6 Å². The van der Waals surface area contributed by atoms with Crippen molar-refractivity contribution in [2.75, 3.05) is 0 Å². The van der Waals surface area contributed by atoms with Crippen molar-refractivity contribution in [3.63, 3.8) is 0 Å². The van der Waals surface area contributed by atoms with Gasteiger partial charge in [-0.05, 0) is 36.1 Å². The molecule has 104 valence electrons. The number of halogens is 1. The molecule has 20 heavy (non-hydrogen) atoms. The van der Waals surface area contributed by atoms with Crippen molar-refractivity contribution in [1.29, 1.82) is 0 Å². The third-order valence-electron chi connectivity index (χ3n) is 3.09. The number of hydrogen-bond acceptors (Lipinski definition) is 2. The van der Waals surface area contributed by atoms with Crippen molar-refractivity contribution < 1.29 is 9.53 Å². The minimum absolute atomic E-state index is 0.232. The molecule has 0 fully saturated rings. The second-order valence-corrected chi connectivity index (χ2v) is 5.11. The topological polar surface area (TPSA) is 26.3 Å². The number of aryl methyl sites for hydroxylation is 1. The first-order valence-electron chi connectivity index (χ1n) is 6.62. The Morgan fingerprint density at radius 1 is 1.10 bits per heavy atom. The molecule has 3 heteroatoms. The van der Waals surface area contributed by atoms with Crippen LogP contribution in [0.1, 0.15) is 30.6 Å². The van der Waals surface area contributed by atoms with E-state index in [-0.39, 0.29) is 12.1 Å². The predicted octanol–water partition coefficient (Wildman–Crippen LogP) is 4.58. The van der Waals surface area contributed by atoms with Crippen molar-refractivity contribution >= 4 is 17.6 Å². The van der Waals surface area contributed by atoms with E-state index in [2.05, 4.69) is 12.1 Å². The fourth-order valence-corrected chi connectivity index (χ4v) is 2.24. The molecule has 0 amide bonds. The normalized spacial score (nSPS) is 11.9. The molecule has 2 aromatic rings. The number of benzene rings is 2. The van der Waals surface area contributed by atoms with E-state index in [0.717, 1.165) is 18.4 Å². The van der Waals surface area contributed by atoms with Gasteiger partial charge >= 0.3 is 5.97 Å². The van der Waals surface area contributed by atoms with Gasteiger partial charge in [0.05, 0.1) is 0 Å². The van der Waals surface area contributed by atoms with Gasteiger partial charge in [-0.15, -0.1) is 0 Å². The summed E-state index contributed by atoms with van der Waals surface area (Å²) in [5, 5.41) is 0.679. The van der Waals surface area contributed by atoms with Gasteiger partial charge < -0.3 is 4.74 Å². The summed E-state index contributed by atoms with van der Waals surface area (Å²) < 4.78 is 5.42. The van der Waals surface area contributed by atoms with Gasteiger partial charge in [0.25, 0.3) is 0 Å². The lowest BCUT2D eigenvalue weighted by Crippen LogP contribution is -2.09. The quantitative estimate of drug-likeness (QED) is 0.753. The molecule has 0 spiro atoms. The molecule has 0 aromatic heterocycles. The Morgan fingerprint density at radius 3 is 2.35 bits per heavy atom. The lowest BCUT2D eigenvalue weighted by Gasteiger charge is -2.17. The van der Waals surface area contributed by atoms with Crippen LogP contribution in [0.2, 0.25) is 5.02 Å². The Balaban J connectivity index is 2.07. The van der Waals surface area contributed by atoms with Crippen LogP contribution in [0.25, 0.3) is 0 Å². The molecule has 0 unspecified atom stereocenters. The van der Waals surface area contributed by atoms with E-state index in [0.29, 0.717) is 5.02 Å². The molecule has 0 bridgehead atoms. The van der Waals surface area contributed by atoms with Gasteiger partial charge in [-0.25, -0.2) is 0 Å². The summed E-state index contributed by atoms with van der Waals surface area (Å²) in [6, 6.07) is 17.6. The van der Waals surface area contributed by atoms with Crippen LogP contribution in [0.3, 0.4) is 0 Å². The van der Waals surface area contributed by atoms with E-state index in [4.69, 9.17) is 16.3 Å². The number of carbonyl (C=O) groups excluding carboxylic acids is 1. The summed E-state index contributed by atoms with van der Waals surface area (Å²) in [4.78, 5) is 11.3. The maximum atomic E-state index is 11.3. The van der Waals surface area contributed by atoms with Crippen LogP contribution in [0.5, 0.6) is 0 Å². The molecular formula is C17H17ClO2. The van der Waals surface area contributed by atoms with Crippen LogP contribution in [0, 0.1) is 0 Å². The highest BCUT2D eigenvalue weighted by Gasteiger charge is 2.14. The van der Waals surface area contributed by atoms with Crippen molar-refractivity contribution in [2.45, 2.75) is 25.9 Å². The van der Waals surface area contributed by atoms with E-state index < -0.39 is 0 Å². The summed E-state index contributed by atoms with van der Waals surface area (Å²) in [5.41, 5.74) is 2.21. The van der Waals surface area contributed by atoms with Gasteiger partial charge in [-0.2, -0.15) is 0 Å². The standard InChI is InChI=1S/C17H17ClO2/c1-13(19)20-17(15-8-10-16(18)11-9-15)12-7-14-5-3-2-4-6-14/h2-6,8-11,17H,7,12H2,1H3/t17-/m0/s1. The minimum Gasteiger partial charge on any atom is -0.458 e. The van der Waals surface area contributed by atoms with Crippen molar-refractivity contribution in [2.24, 2.45) is 0 Å². The van der Waals surface area contributed by atoms with Crippen molar-refractivity contribution in [3.05, 3.63) is 70.7 Å². The molecule has 0 aliphatic rings. The van der Waals surface area contributed by atoms with Crippen LogP contribution < -0.4 is 0 Å². The minimum atomic E-state index is -0.266. The van der Waals surface area contributed by atoms with Crippen LogP contribution in [-0.2, 0) is 16.0 Å². The number of hydrogen-bond donors (Lipinski definition) is 0. The largest absolute Gasteiger partial charge is 0.458 e. The summed E-state index contributed by atoms with van der Waals surface area (Å²) in [6.45, 7) is 1.44. The highest BCUT2D eigenvalue weighted by atomic mass is 35.5. The van der Waals surface area contributed by atoms with E-state index in [1.165, 1.54) is 12.5 Å². The Morgan fingerprint density at radius 2 is 1.75 bits per heavy atom. The lowest BCUT2D eigenvalue weighted by atomic mass is 10.0. The molecule has 0 saturated heterocycles. The van der Waals surface area contributed by atoms with Gasteiger partial charge in [0.2, 0.25) is 0 Å². The average molecular weight is 289 g/mol. The zero-order valence-corrected chi connectivity index (χ0v) is 12.1. The first-order valence-corrected chi connectivity index (χ1v) is 6.99. The Bertz CT molecular complexity index is 549. The summed E-state index contributed by atoms with van der Waals surface area (Å²) >= 11 is 5.89. The number of carbonyl (C=O) groups is 1. The van der Waals surface area contributed by atoms with Gasteiger partial charge in [0.15, 0.2) is 0 Å². The molecular weight excluding hydrogens is 272 g/mol. The first kappa shape index (κ1) is 14.6.